The summed E-state index contributed by atoms with van der Waals surface area (Å²) >= 11 is 0. The molecule has 4 heteroatoms. The number of hydrogen-bond acceptors (Lipinski definition) is 3. The molecule has 0 heterocycles. The molecule has 4 nitrogen and oxygen atoms in total. The highest BCUT2D eigenvalue weighted by molar-refractivity contribution is 5.81. The highest BCUT2D eigenvalue weighted by Gasteiger charge is 2.13. The molecular weight excluding hydrogens is 226 g/mol. The summed E-state index contributed by atoms with van der Waals surface area (Å²) in [4.78, 5) is 15.8. The molecule has 0 aromatic heterocycles. The van der Waals surface area contributed by atoms with Gasteiger partial charge < -0.3 is 15.5 Å². The Morgan fingerprint density at radius 1 is 1.28 bits per heavy atom. The number of nitrogens with zero attached hydrogens (tertiary/aromatic N) is 2. The maximum absolute atomic E-state index is 12.0. The molecule has 0 fully saturated rings. The lowest BCUT2D eigenvalue weighted by atomic mass is 10.2. The summed E-state index contributed by atoms with van der Waals surface area (Å²) in [5.41, 5.74) is 6.62. The lowest BCUT2D eigenvalue weighted by Gasteiger charge is -2.26. The van der Waals surface area contributed by atoms with Crippen molar-refractivity contribution in [3.8, 4) is 0 Å². The van der Waals surface area contributed by atoms with Crippen molar-refractivity contribution < 1.29 is 4.79 Å². The Bertz CT molecular complexity index is 353. The van der Waals surface area contributed by atoms with Crippen LogP contribution in [0.15, 0.2) is 30.3 Å². The Balaban J connectivity index is 2.70. The van der Waals surface area contributed by atoms with Crippen LogP contribution in [0.5, 0.6) is 0 Å². The molecule has 0 atom stereocenters. The normalized spacial score (nSPS) is 10.2. The third-order valence-corrected chi connectivity index (χ3v) is 2.98. The summed E-state index contributed by atoms with van der Waals surface area (Å²) in [6.45, 7) is 4.57. The number of nitrogens with two attached hydrogens (primary N) is 1. The Morgan fingerprint density at radius 3 is 2.50 bits per heavy atom. The zero-order valence-electron chi connectivity index (χ0n) is 11.3. The first-order chi connectivity index (χ1) is 8.69. The quantitative estimate of drug-likeness (QED) is 0.793. The van der Waals surface area contributed by atoms with E-state index in [4.69, 9.17) is 5.73 Å². The number of rotatable bonds is 7. The standard InChI is InChI=1S/C14H23N3O/c1-3-16(2)14(18)12-17(11-7-10-15)13-8-5-4-6-9-13/h4-6,8-9H,3,7,10-12,15H2,1-2H3. The largest absolute Gasteiger partial charge is 0.362 e. The van der Waals surface area contributed by atoms with Crippen LogP contribution in [-0.4, -0.2) is 44.0 Å². The van der Waals surface area contributed by atoms with Gasteiger partial charge in [-0.15, -0.1) is 0 Å². The molecule has 0 bridgehead atoms. The minimum absolute atomic E-state index is 0.137. The highest BCUT2D eigenvalue weighted by atomic mass is 16.2. The summed E-state index contributed by atoms with van der Waals surface area (Å²) in [5.74, 6) is 0.137. The summed E-state index contributed by atoms with van der Waals surface area (Å²) in [7, 11) is 1.83. The molecule has 0 spiro atoms. The van der Waals surface area contributed by atoms with Crippen molar-refractivity contribution in [3.63, 3.8) is 0 Å². The van der Waals surface area contributed by atoms with E-state index >= 15 is 0 Å². The zero-order chi connectivity index (χ0) is 13.4. The van der Waals surface area contributed by atoms with Gasteiger partial charge in [-0.25, -0.2) is 0 Å². The molecule has 2 N–H and O–H groups in total. The minimum atomic E-state index is 0.137. The van der Waals surface area contributed by atoms with E-state index in [-0.39, 0.29) is 5.91 Å². The van der Waals surface area contributed by atoms with Gasteiger partial charge in [-0.2, -0.15) is 0 Å². The summed E-state index contributed by atoms with van der Waals surface area (Å²) in [6.07, 6.45) is 0.887. The molecule has 1 aromatic rings. The van der Waals surface area contributed by atoms with E-state index in [9.17, 15) is 4.79 Å². The smallest absolute Gasteiger partial charge is 0.241 e. The number of anilines is 1. The fourth-order valence-corrected chi connectivity index (χ4v) is 1.68. The van der Waals surface area contributed by atoms with E-state index in [2.05, 4.69) is 4.90 Å². The van der Waals surface area contributed by atoms with E-state index in [0.717, 1.165) is 25.2 Å². The maximum Gasteiger partial charge on any atom is 0.241 e. The lowest BCUT2D eigenvalue weighted by molar-refractivity contribution is -0.128. The number of carbonyl (C=O) groups excluding carboxylic acids is 1. The van der Waals surface area contributed by atoms with E-state index in [1.165, 1.54) is 0 Å². The van der Waals surface area contributed by atoms with Crippen LogP contribution in [0.4, 0.5) is 5.69 Å². The number of carbonyl (C=O) groups is 1. The number of para-hydroxylation sites is 1. The highest BCUT2D eigenvalue weighted by Crippen LogP contribution is 2.13. The monoisotopic (exact) mass is 249 g/mol. The predicted octanol–water partition coefficient (Wildman–Crippen LogP) is 1.32. The molecular formula is C14H23N3O. The fraction of sp³-hybridized carbons (Fsp3) is 0.500. The number of hydrogen-bond donors (Lipinski definition) is 1. The summed E-state index contributed by atoms with van der Waals surface area (Å²) in [6, 6.07) is 9.99. The minimum Gasteiger partial charge on any atom is -0.362 e. The second-order valence-corrected chi connectivity index (χ2v) is 4.31. The molecule has 0 unspecified atom stereocenters. The predicted molar refractivity (Wildman–Crippen MR) is 75.6 cm³/mol. The van der Waals surface area contributed by atoms with Crippen LogP contribution in [0.1, 0.15) is 13.3 Å². The van der Waals surface area contributed by atoms with Crippen molar-refractivity contribution in [1.29, 1.82) is 0 Å². The summed E-state index contributed by atoms with van der Waals surface area (Å²) < 4.78 is 0. The van der Waals surface area contributed by atoms with Crippen LogP contribution in [-0.2, 0) is 4.79 Å². The maximum atomic E-state index is 12.0. The molecule has 0 aliphatic heterocycles. The van der Waals surface area contributed by atoms with Crippen LogP contribution >= 0.6 is 0 Å². The van der Waals surface area contributed by atoms with Gasteiger partial charge in [-0.3, -0.25) is 4.79 Å². The molecule has 18 heavy (non-hydrogen) atoms. The van der Waals surface area contributed by atoms with Crippen molar-refractivity contribution in [3.05, 3.63) is 30.3 Å². The number of amides is 1. The Kier molecular flexibility index (Phi) is 6.22. The second-order valence-electron chi connectivity index (χ2n) is 4.31. The van der Waals surface area contributed by atoms with Crippen LogP contribution in [0.25, 0.3) is 0 Å². The summed E-state index contributed by atoms with van der Waals surface area (Å²) in [5, 5.41) is 0. The van der Waals surface area contributed by atoms with Crippen molar-refractivity contribution in [2.45, 2.75) is 13.3 Å². The van der Waals surface area contributed by atoms with Crippen molar-refractivity contribution in [1.82, 2.24) is 4.90 Å². The van der Waals surface area contributed by atoms with Gasteiger partial charge in [0.15, 0.2) is 0 Å². The van der Waals surface area contributed by atoms with Crippen LogP contribution in [0.3, 0.4) is 0 Å². The van der Waals surface area contributed by atoms with Gasteiger partial charge >= 0.3 is 0 Å². The SMILES string of the molecule is CCN(C)C(=O)CN(CCCN)c1ccccc1. The van der Waals surface area contributed by atoms with Gasteiger partial charge in [0.05, 0.1) is 6.54 Å². The first-order valence-electron chi connectivity index (χ1n) is 6.43. The Hall–Kier alpha value is -1.55. The number of likely N-dealkylation sites (N-methyl/N-ethyl adjacent to an activating group) is 1. The van der Waals surface area contributed by atoms with E-state index in [0.29, 0.717) is 13.1 Å². The molecule has 0 saturated heterocycles. The van der Waals surface area contributed by atoms with Crippen LogP contribution in [0.2, 0.25) is 0 Å². The average molecular weight is 249 g/mol. The number of benzene rings is 1. The Labute approximate surface area is 109 Å². The molecule has 0 saturated carbocycles. The van der Waals surface area contributed by atoms with E-state index in [1.54, 1.807) is 4.90 Å². The lowest BCUT2D eigenvalue weighted by Crippen LogP contribution is -2.39. The van der Waals surface area contributed by atoms with Gasteiger partial charge in [-0.1, -0.05) is 18.2 Å². The Morgan fingerprint density at radius 2 is 1.94 bits per heavy atom. The molecule has 1 aromatic carbocycles. The molecule has 1 rings (SSSR count). The van der Waals surface area contributed by atoms with Crippen molar-refractivity contribution in [2.75, 3.05) is 38.1 Å². The average Bonchev–Trinajstić information content (AvgIpc) is 2.43. The van der Waals surface area contributed by atoms with Crippen LogP contribution in [0, 0.1) is 0 Å². The van der Waals surface area contributed by atoms with Gasteiger partial charge in [0.2, 0.25) is 5.91 Å². The van der Waals surface area contributed by atoms with Gasteiger partial charge in [0.25, 0.3) is 0 Å². The third kappa shape index (κ3) is 4.37. The van der Waals surface area contributed by atoms with Crippen molar-refractivity contribution in [2.24, 2.45) is 5.73 Å². The third-order valence-electron chi connectivity index (χ3n) is 2.98. The topological polar surface area (TPSA) is 49.6 Å². The molecule has 100 valence electrons. The van der Waals surface area contributed by atoms with Crippen molar-refractivity contribution >= 4 is 11.6 Å². The first kappa shape index (κ1) is 14.5. The van der Waals surface area contributed by atoms with E-state index in [1.807, 2.05) is 44.3 Å². The second kappa shape index (κ2) is 7.71. The molecule has 0 aliphatic carbocycles. The molecule has 0 aliphatic rings. The van der Waals surface area contributed by atoms with Gasteiger partial charge in [-0.05, 0) is 32.0 Å². The fourth-order valence-electron chi connectivity index (χ4n) is 1.68. The molecule has 0 radical (unpaired) electrons. The van der Waals surface area contributed by atoms with Crippen LogP contribution < -0.4 is 10.6 Å². The molecule has 1 amide bonds. The van der Waals surface area contributed by atoms with Gasteiger partial charge in [0, 0.05) is 25.8 Å². The zero-order valence-corrected chi connectivity index (χ0v) is 11.3. The van der Waals surface area contributed by atoms with Gasteiger partial charge in [0.1, 0.15) is 0 Å². The van der Waals surface area contributed by atoms with E-state index < -0.39 is 0 Å². The first-order valence-corrected chi connectivity index (χ1v) is 6.43.